The number of fused-ring (bicyclic) bond motifs is 5. The molecule has 4 aliphatic carbocycles. The van der Waals surface area contributed by atoms with Gasteiger partial charge in [0.05, 0.1) is 11.9 Å². The summed E-state index contributed by atoms with van der Waals surface area (Å²) in [6.07, 6.45) is 11.7. The number of allylic oxidation sites excluding steroid dienone is 2. The van der Waals surface area contributed by atoms with Gasteiger partial charge in [-0.1, -0.05) is 19.4 Å². The zero-order valence-electron chi connectivity index (χ0n) is 17.0. The molecule has 0 bridgehead atoms. The van der Waals surface area contributed by atoms with Crippen LogP contribution in [0.3, 0.4) is 0 Å². The van der Waals surface area contributed by atoms with Crippen LogP contribution < -0.4 is 5.63 Å². The third-order valence-electron chi connectivity index (χ3n) is 9.31. The van der Waals surface area contributed by atoms with Crippen molar-refractivity contribution in [3.8, 4) is 0 Å². The fourth-order valence-electron chi connectivity index (χ4n) is 7.66. The van der Waals surface area contributed by atoms with Gasteiger partial charge in [-0.25, -0.2) is 4.79 Å². The summed E-state index contributed by atoms with van der Waals surface area (Å²) in [4.78, 5) is 11.4. The third-order valence-corrected chi connectivity index (χ3v) is 9.31. The lowest BCUT2D eigenvalue weighted by atomic mass is 9.45. The van der Waals surface area contributed by atoms with E-state index in [1.807, 2.05) is 6.07 Å². The lowest BCUT2D eigenvalue weighted by molar-refractivity contribution is -0.176. The van der Waals surface area contributed by atoms with E-state index in [9.17, 15) is 9.90 Å². The van der Waals surface area contributed by atoms with E-state index < -0.39 is 5.60 Å². The summed E-state index contributed by atoms with van der Waals surface area (Å²) in [5, 5.41) is 20.3. The second-order valence-electron chi connectivity index (χ2n) is 10.2. The maximum Gasteiger partial charge on any atom is 0.335 e. The number of hydrogen-bond acceptors (Lipinski definition) is 4. The molecule has 5 rings (SSSR count). The molecule has 0 aromatic carbocycles. The molecule has 0 saturated heterocycles. The van der Waals surface area contributed by atoms with Gasteiger partial charge >= 0.3 is 5.63 Å². The summed E-state index contributed by atoms with van der Waals surface area (Å²) in [6.45, 7) is 4.67. The van der Waals surface area contributed by atoms with Crippen LogP contribution in [0.4, 0.5) is 0 Å². The largest absolute Gasteiger partial charge is 0.431 e. The quantitative estimate of drug-likeness (QED) is 0.732. The Bertz CT molecular complexity index is 896. The number of hydrogen-bond donors (Lipinski definition) is 2. The SMILES string of the molecule is C[C@]12CCC(=N)C=C1CCC1C2CC[C@]2(C)[C@@H](c3ccc(=O)oc3)CCC12O. The van der Waals surface area contributed by atoms with Crippen molar-refractivity contribution >= 4 is 5.71 Å². The van der Waals surface area contributed by atoms with Gasteiger partial charge in [-0.3, -0.25) is 0 Å². The van der Waals surface area contributed by atoms with Gasteiger partial charge in [0.2, 0.25) is 0 Å². The topological polar surface area (TPSA) is 74.3 Å². The molecule has 0 spiro atoms. The van der Waals surface area contributed by atoms with E-state index in [2.05, 4.69) is 19.9 Å². The average Bonchev–Trinajstić information content (AvgIpc) is 2.95. The third kappa shape index (κ3) is 2.27. The summed E-state index contributed by atoms with van der Waals surface area (Å²) in [7, 11) is 0. The highest BCUT2D eigenvalue weighted by Gasteiger charge is 2.66. The predicted octanol–water partition coefficient (Wildman–Crippen LogP) is 4.82. The normalized spacial score (nSPS) is 45.0. The van der Waals surface area contributed by atoms with Crippen LogP contribution in [-0.2, 0) is 0 Å². The Morgan fingerprint density at radius 1 is 1.07 bits per heavy atom. The Kier molecular flexibility index (Phi) is 3.88. The molecule has 3 fully saturated rings. The molecule has 1 aromatic heterocycles. The first-order valence-electron chi connectivity index (χ1n) is 10.9. The standard InChI is InChI=1S/C24H31NO3/c1-22-10-7-17(25)13-16(22)4-5-20-19(22)8-11-23(2)18(9-12-24(20,23)27)15-3-6-21(26)28-14-15/h3,6,13-14,18-20,25,27H,4-5,7-12H2,1-2H3/t18-,19?,20?,22+,23-,24?/m1/s1. The molecule has 2 N–H and O–H groups in total. The molecule has 0 aliphatic heterocycles. The van der Waals surface area contributed by atoms with Crippen LogP contribution in [0.5, 0.6) is 0 Å². The number of rotatable bonds is 1. The lowest BCUT2D eigenvalue weighted by Crippen LogP contribution is -2.60. The van der Waals surface area contributed by atoms with Crippen molar-refractivity contribution < 1.29 is 9.52 Å². The summed E-state index contributed by atoms with van der Waals surface area (Å²) >= 11 is 0. The molecule has 4 aliphatic rings. The van der Waals surface area contributed by atoms with Crippen molar-refractivity contribution in [1.29, 1.82) is 5.41 Å². The molecule has 0 radical (unpaired) electrons. The van der Waals surface area contributed by atoms with Gasteiger partial charge in [0, 0.05) is 17.2 Å². The van der Waals surface area contributed by atoms with E-state index in [0.717, 1.165) is 62.6 Å². The van der Waals surface area contributed by atoms with Crippen molar-refractivity contribution in [2.45, 2.75) is 76.7 Å². The monoisotopic (exact) mass is 381 g/mol. The fraction of sp³-hybridized carbons (Fsp3) is 0.667. The molecular weight excluding hydrogens is 350 g/mol. The molecule has 150 valence electrons. The van der Waals surface area contributed by atoms with Gasteiger partial charge in [-0.15, -0.1) is 0 Å². The summed E-state index contributed by atoms with van der Waals surface area (Å²) in [5.74, 6) is 1.07. The summed E-state index contributed by atoms with van der Waals surface area (Å²) in [6, 6.07) is 3.41. The van der Waals surface area contributed by atoms with Gasteiger partial charge < -0.3 is 14.9 Å². The maximum atomic E-state index is 12.2. The van der Waals surface area contributed by atoms with Crippen LogP contribution >= 0.6 is 0 Å². The van der Waals surface area contributed by atoms with Crippen LogP contribution in [0.15, 0.2) is 39.3 Å². The maximum absolute atomic E-state index is 12.2. The van der Waals surface area contributed by atoms with E-state index in [1.54, 1.807) is 6.26 Å². The number of aliphatic hydroxyl groups is 1. The summed E-state index contributed by atoms with van der Waals surface area (Å²) in [5.41, 5.74) is 2.29. The van der Waals surface area contributed by atoms with E-state index in [0.29, 0.717) is 11.8 Å². The molecule has 0 amide bonds. The van der Waals surface area contributed by atoms with Crippen molar-refractivity contribution in [2.24, 2.45) is 22.7 Å². The van der Waals surface area contributed by atoms with Crippen molar-refractivity contribution in [3.05, 3.63) is 46.0 Å². The van der Waals surface area contributed by atoms with Crippen molar-refractivity contribution in [3.63, 3.8) is 0 Å². The molecule has 3 saturated carbocycles. The highest BCUT2D eigenvalue weighted by atomic mass is 16.4. The minimum Gasteiger partial charge on any atom is -0.431 e. The van der Waals surface area contributed by atoms with Crippen LogP contribution in [0, 0.1) is 28.1 Å². The molecular formula is C24H31NO3. The highest BCUT2D eigenvalue weighted by molar-refractivity contribution is 5.94. The van der Waals surface area contributed by atoms with Gasteiger partial charge in [-0.05, 0) is 92.2 Å². The van der Waals surface area contributed by atoms with Crippen molar-refractivity contribution in [1.82, 2.24) is 0 Å². The van der Waals surface area contributed by atoms with Crippen LogP contribution in [0.1, 0.15) is 76.7 Å². The van der Waals surface area contributed by atoms with Crippen molar-refractivity contribution in [2.75, 3.05) is 0 Å². The Labute approximate surface area is 166 Å². The second-order valence-corrected chi connectivity index (χ2v) is 10.2. The first-order valence-corrected chi connectivity index (χ1v) is 10.9. The van der Waals surface area contributed by atoms with Crippen LogP contribution in [0.25, 0.3) is 0 Å². The van der Waals surface area contributed by atoms with E-state index in [4.69, 9.17) is 9.83 Å². The zero-order valence-corrected chi connectivity index (χ0v) is 17.0. The molecule has 6 atom stereocenters. The fourth-order valence-corrected chi connectivity index (χ4v) is 7.66. The molecule has 4 heteroatoms. The second kappa shape index (κ2) is 5.91. The van der Waals surface area contributed by atoms with E-state index in [-0.39, 0.29) is 22.4 Å². The Balaban J connectivity index is 1.52. The molecule has 1 heterocycles. The summed E-state index contributed by atoms with van der Waals surface area (Å²) < 4.78 is 5.17. The Hall–Kier alpha value is -1.68. The van der Waals surface area contributed by atoms with Crippen LogP contribution in [0.2, 0.25) is 0 Å². The predicted molar refractivity (Wildman–Crippen MR) is 109 cm³/mol. The first-order chi connectivity index (χ1) is 13.3. The molecule has 1 aromatic rings. The highest BCUT2D eigenvalue weighted by Crippen LogP contribution is 2.69. The van der Waals surface area contributed by atoms with Gasteiger partial charge in [0.1, 0.15) is 0 Å². The Morgan fingerprint density at radius 3 is 2.64 bits per heavy atom. The smallest absolute Gasteiger partial charge is 0.335 e. The van der Waals surface area contributed by atoms with Crippen LogP contribution in [-0.4, -0.2) is 16.4 Å². The minimum absolute atomic E-state index is 0.141. The number of nitrogens with one attached hydrogen (secondary N) is 1. The van der Waals surface area contributed by atoms with Gasteiger partial charge in [-0.2, -0.15) is 0 Å². The van der Waals surface area contributed by atoms with Gasteiger partial charge in [0.25, 0.3) is 0 Å². The zero-order chi connectivity index (χ0) is 19.7. The Morgan fingerprint density at radius 2 is 1.89 bits per heavy atom. The molecule has 4 nitrogen and oxygen atoms in total. The lowest BCUT2D eigenvalue weighted by Gasteiger charge is -2.61. The van der Waals surface area contributed by atoms with Gasteiger partial charge in [0.15, 0.2) is 0 Å². The average molecular weight is 382 g/mol. The van der Waals surface area contributed by atoms with E-state index >= 15 is 0 Å². The first kappa shape index (κ1) is 18.4. The molecule has 3 unspecified atom stereocenters. The van der Waals surface area contributed by atoms with E-state index in [1.165, 1.54) is 11.6 Å². The minimum atomic E-state index is -0.657. The molecule has 28 heavy (non-hydrogen) atoms.